The average Bonchev–Trinajstić information content (AvgIpc) is 3.43. The van der Waals surface area contributed by atoms with E-state index in [2.05, 4.69) is 167 Å². The minimum absolute atomic E-state index is 0.0965. The fourth-order valence-corrected chi connectivity index (χ4v) is 8.21. The molecule has 0 aliphatic carbocycles. The van der Waals surface area contributed by atoms with Crippen molar-refractivity contribution in [2.24, 2.45) is 0 Å². The van der Waals surface area contributed by atoms with E-state index >= 15 is 0 Å². The molecule has 0 radical (unpaired) electrons. The molecule has 0 aromatic carbocycles. The van der Waals surface area contributed by atoms with Crippen molar-refractivity contribution < 1.29 is 28.6 Å². The molecule has 0 bridgehead atoms. The van der Waals surface area contributed by atoms with Gasteiger partial charge in [-0.15, -0.1) is 0 Å². The molecule has 1 unspecified atom stereocenters. The summed E-state index contributed by atoms with van der Waals surface area (Å²) >= 11 is 0. The Morgan fingerprint density at radius 3 is 0.818 bits per heavy atom. The van der Waals surface area contributed by atoms with E-state index in [0.717, 1.165) is 141 Å². The highest BCUT2D eigenvalue weighted by Gasteiger charge is 2.19. The van der Waals surface area contributed by atoms with Crippen LogP contribution in [-0.2, 0) is 28.6 Å². The summed E-state index contributed by atoms with van der Waals surface area (Å²) in [6, 6.07) is 0. The van der Waals surface area contributed by atoms with Crippen LogP contribution >= 0.6 is 0 Å². The maximum absolute atomic E-state index is 12.8. The molecule has 0 aromatic rings. The normalized spacial score (nSPS) is 13.1. The molecule has 0 fully saturated rings. The summed E-state index contributed by atoms with van der Waals surface area (Å²) < 4.78 is 16.7. The fraction of sp³-hybridized carbons (Fsp3) is 0.620. The third-order valence-electron chi connectivity index (χ3n) is 12.8. The van der Waals surface area contributed by atoms with Gasteiger partial charge in [-0.25, -0.2) is 0 Å². The average molecular weight is 1060 g/mol. The lowest BCUT2D eigenvalue weighted by atomic mass is 10.0. The van der Waals surface area contributed by atoms with Crippen molar-refractivity contribution in [2.75, 3.05) is 13.2 Å². The number of carbonyl (C=O) groups is 3. The van der Waals surface area contributed by atoms with Gasteiger partial charge in [-0.3, -0.25) is 14.4 Å². The summed E-state index contributed by atoms with van der Waals surface area (Å²) in [7, 11) is 0. The molecule has 0 aliphatic heterocycles. The van der Waals surface area contributed by atoms with Crippen LogP contribution in [0.5, 0.6) is 0 Å². The van der Waals surface area contributed by atoms with Gasteiger partial charge < -0.3 is 14.2 Å². The number of hydrogen-bond acceptors (Lipinski definition) is 6. The monoisotopic (exact) mass is 1060 g/mol. The third kappa shape index (κ3) is 62.0. The Labute approximate surface area is 474 Å². The molecular weight excluding hydrogens is 949 g/mol. The third-order valence-corrected chi connectivity index (χ3v) is 12.8. The van der Waals surface area contributed by atoms with Crippen LogP contribution in [0.3, 0.4) is 0 Å². The van der Waals surface area contributed by atoms with Crippen molar-refractivity contribution in [1.82, 2.24) is 0 Å². The van der Waals surface area contributed by atoms with Gasteiger partial charge in [-0.05, 0) is 122 Å². The summed E-state index contributed by atoms with van der Waals surface area (Å²) in [5.74, 6) is -0.959. The van der Waals surface area contributed by atoms with Gasteiger partial charge in [0.25, 0.3) is 0 Å². The van der Waals surface area contributed by atoms with E-state index in [1.54, 1.807) is 0 Å². The molecule has 434 valence electrons. The van der Waals surface area contributed by atoms with E-state index in [1.807, 2.05) is 0 Å². The van der Waals surface area contributed by atoms with Crippen LogP contribution in [0.25, 0.3) is 0 Å². The SMILES string of the molecule is CC/C=C\C/C=C\C/C=C\C/C=C\C/C=C\C/C=C\C/C=C\C/C=C\CCCCC(=O)OCC(COC(=O)CCCCCCC)OC(=O)CCCCCCCCCCCCCCCC/C=C\C/C=C\C/C=C\C/C=C\CC. The number of ether oxygens (including phenoxy) is 3. The number of carbonyl (C=O) groups excluding carboxylic acids is 3. The lowest BCUT2D eigenvalue weighted by molar-refractivity contribution is -0.167. The van der Waals surface area contributed by atoms with Crippen LogP contribution in [-0.4, -0.2) is 37.2 Å². The van der Waals surface area contributed by atoms with Gasteiger partial charge in [-0.1, -0.05) is 269 Å². The minimum Gasteiger partial charge on any atom is -0.462 e. The van der Waals surface area contributed by atoms with Crippen LogP contribution in [0.2, 0.25) is 0 Å². The molecule has 0 N–H and O–H groups in total. The van der Waals surface area contributed by atoms with E-state index in [9.17, 15) is 14.4 Å². The van der Waals surface area contributed by atoms with Gasteiger partial charge in [0.15, 0.2) is 6.10 Å². The summed E-state index contributed by atoms with van der Waals surface area (Å²) in [5.41, 5.74) is 0. The molecule has 0 rings (SSSR count). The highest BCUT2D eigenvalue weighted by Crippen LogP contribution is 2.15. The first kappa shape index (κ1) is 72.3. The zero-order valence-electron chi connectivity index (χ0n) is 49.7. The Morgan fingerprint density at radius 1 is 0.273 bits per heavy atom. The number of unbranched alkanes of at least 4 members (excludes halogenated alkanes) is 20. The van der Waals surface area contributed by atoms with Crippen LogP contribution < -0.4 is 0 Å². The number of hydrogen-bond donors (Lipinski definition) is 0. The summed E-state index contributed by atoms with van der Waals surface area (Å²) in [4.78, 5) is 37.9. The van der Waals surface area contributed by atoms with Crippen molar-refractivity contribution in [3.8, 4) is 0 Å². The first-order valence-electron chi connectivity index (χ1n) is 31.3. The molecule has 1 atom stereocenters. The quantitative estimate of drug-likeness (QED) is 0.0261. The van der Waals surface area contributed by atoms with E-state index in [0.29, 0.717) is 25.7 Å². The lowest BCUT2D eigenvalue weighted by Gasteiger charge is -2.18. The van der Waals surface area contributed by atoms with Crippen molar-refractivity contribution in [1.29, 1.82) is 0 Å². The number of esters is 3. The van der Waals surface area contributed by atoms with Crippen molar-refractivity contribution >= 4 is 17.9 Å². The second-order valence-corrected chi connectivity index (χ2v) is 20.2. The van der Waals surface area contributed by atoms with E-state index in [4.69, 9.17) is 14.2 Å². The molecular formula is C71H114O6. The number of rotatable bonds is 55. The van der Waals surface area contributed by atoms with Crippen LogP contribution in [0.15, 0.2) is 146 Å². The maximum Gasteiger partial charge on any atom is 0.306 e. The topological polar surface area (TPSA) is 78.9 Å². The highest BCUT2D eigenvalue weighted by atomic mass is 16.6. The fourth-order valence-electron chi connectivity index (χ4n) is 8.21. The second kappa shape index (κ2) is 63.8. The lowest BCUT2D eigenvalue weighted by Crippen LogP contribution is -2.30. The standard InChI is InChI=1S/C71H114O6/c1-4-7-10-13-15-17-19-21-23-25-27-29-31-33-35-37-39-41-43-45-47-49-51-53-55-58-61-64-70(73)76-67-68(66-75-69(72)63-60-57-12-9-6-3)77-71(74)65-62-59-56-54-52-50-48-46-44-42-40-38-36-34-32-30-28-26-24-22-20-18-16-14-11-8-5-2/h7-8,10-11,15-18,21-24,27-30,33,35,39,41,45,47,51,53,68H,4-6,9,12-14,19-20,25-26,31-32,34,36-38,40,42-44,46,48-50,52,54-67H2,1-3H3/b10-7-,11-8-,17-15-,18-16-,23-21-,24-22-,29-27-,30-28-,35-33-,41-39-,47-45-,53-51-. The first-order chi connectivity index (χ1) is 38.0. The molecule has 6 heteroatoms. The zero-order chi connectivity index (χ0) is 55.7. The second-order valence-electron chi connectivity index (χ2n) is 20.2. The summed E-state index contributed by atoms with van der Waals surface area (Å²) in [6.45, 7) is 6.29. The van der Waals surface area contributed by atoms with Gasteiger partial charge in [0.05, 0.1) is 0 Å². The summed E-state index contributed by atoms with van der Waals surface area (Å²) in [5, 5.41) is 0. The summed E-state index contributed by atoms with van der Waals surface area (Å²) in [6.07, 6.45) is 91.9. The van der Waals surface area contributed by atoms with E-state index < -0.39 is 6.10 Å². The van der Waals surface area contributed by atoms with Gasteiger partial charge in [0.2, 0.25) is 0 Å². The van der Waals surface area contributed by atoms with Crippen LogP contribution in [0.1, 0.15) is 265 Å². The van der Waals surface area contributed by atoms with Gasteiger partial charge >= 0.3 is 17.9 Å². The Morgan fingerprint density at radius 2 is 0.506 bits per heavy atom. The predicted octanol–water partition coefficient (Wildman–Crippen LogP) is 21.5. The highest BCUT2D eigenvalue weighted by molar-refractivity contribution is 5.71. The van der Waals surface area contributed by atoms with Crippen LogP contribution in [0.4, 0.5) is 0 Å². The smallest absolute Gasteiger partial charge is 0.306 e. The van der Waals surface area contributed by atoms with Crippen molar-refractivity contribution in [3.05, 3.63) is 146 Å². The molecule has 0 spiro atoms. The Hall–Kier alpha value is -4.71. The van der Waals surface area contributed by atoms with Gasteiger partial charge in [0, 0.05) is 19.3 Å². The molecule has 0 saturated carbocycles. The molecule has 0 aromatic heterocycles. The van der Waals surface area contributed by atoms with Gasteiger partial charge in [0.1, 0.15) is 13.2 Å². The van der Waals surface area contributed by atoms with Gasteiger partial charge in [-0.2, -0.15) is 0 Å². The molecule has 0 amide bonds. The Kier molecular flexibility index (Phi) is 59.9. The Bertz CT molecular complexity index is 1700. The Balaban J connectivity index is 4.16. The first-order valence-corrected chi connectivity index (χ1v) is 31.3. The molecule has 0 heterocycles. The van der Waals surface area contributed by atoms with Crippen LogP contribution in [0, 0.1) is 0 Å². The van der Waals surface area contributed by atoms with E-state index in [1.165, 1.54) is 77.0 Å². The molecule has 0 aliphatic rings. The molecule has 0 saturated heterocycles. The minimum atomic E-state index is -0.799. The van der Waals surface area contributed by atoms with E-state index in [-0.39, 0.29) is 31.1 Å². The zero-order valence-corrected chi connectivity index (χ0v) is 49.7. The number of allylic oxidation sites excluding steroid dienone is 24. The molecule has 6 nitrogen and oxygen atoms in total. The maximum atomic E-state index is 12.8. The van der Waals surface area contributed by atoms with Crippen molar-refractivity contribution in [2.45, 2.75) is 271 Å². The molecule has 77 heavy (non-hydrogen) atoms. The van der Waals surface area contributed by atoms with Crippen molar-refractivity contribution in [3.63, 3.8) is 0 Å². The largest absolute Gasteiger partial charge is 0.462 e. The predicted molar refractivity (Wildman–Crippen MR) is 334 cm³/mol.